The number of nitriles is 1. The van der Waals surface area contributed by atoms with E-state index in [1.54, 1.807) is 18.2 Å². The van der Waals surface area contributed by atoms with E-state index in [0.29, 0.717) is 17.2 Å². The molecule has 6 nitrogen and oxygen atoms in total. The average Bonchev–Trinajstić information content (AvgIpc) is 3.22. The number of carbonyl (C=O) groups excluding carboxylic acids is 2. The molecule has 1 aliphatic rings. The Labute approximate surface area is 181 Å². The van der Waals surface area contributed by atoms with Crippen LogP contribution in [0.25, 0.3) is 10.4 Å². The van der Waals surface area contributed by atoms with E-state index < -0.39 is 18.5 Å². The summed E-state index contributed by atoms with van der Waals surface area (Å²) in [6.07, 6.45) is 0. The number of amides is 1. The van der Waals surface area contributed by atoms with Crippen molar-refractivity contribution in [2.75, 3.05) is 17.7 Å². The van der Waals surface area contributed by atoms with Crippen molar-refractivity contribution in [3.8, 4) is 22.3 Å². The Bertz CT molecular complexity index is 1150. The summed E-state index contributed by atoms with van der Waals surface area (Å²) < 4.78 is 10.9. The highest BCUT2D eigenvalue weighted by atomic mass is 32.2. The maximum absolute atomic E-state index is 12.5. The van der Waals surface area contributed by atoms with Gasteiger partial charge in [-0.1, -0.05) is 24.3 Å². The third-order valence-electron chi connectivity index (χ3n) is 4.31. The molecule has 0 bridgehead atoms. The molecular formula is C22H16N2O4S2. The second kappa shape index (κ2) is 9.03. The number of benzene rings is 2. The van der Waals surface area contributed by atoms with Gasteiger partial charge in [-0.2, -0.15) is 5.26 Å². The SMILES string of the molecule is N#CCSc1ccccc1NC(=O)COC(=O)c1cc2c(s1)-c1ccccc1OC2. The van der Waals surface area contributed by atoms with Crippen molar-refractivity contribution < 1.29 is 19.1 Å². The van der Waals surface area contributed by atoms with Crippen LogP contribution in [0.4, 0.5) is 5.69 Å². The molecule has 0 atom stereocenters. The molecule has 0 saturated heterocycles. The molecule has 0 radical (unpaired) electrons. The van der Waals surface area contributed by atoms with Crippen molar-refractivity contribution in [2.24, 2.45) is 0 Å². The summed E-state index contributed by atoms with van der Waals surface area (Å²) in [7, 11) is 0. The number of anilines is 1. The number of fused-ring (bicyclic) bond motifs is 3. The number of nitrogens with zero attached hydrogens (tertiary/aromatic N) is 1. The number of para-hydroxylation sites is 2. The minimum Gasteiger partial charge on any atom is -0.488 e. The summed E-state index contributed by atoms with van der Waals surface area (Å²) in [5.41, 5.74) is 2.46. The fraction of sp³-hybridized carbons (Fsp3) is 0.136. The molecule has 0 saturated carbocycles. The van der Waals surface area contributed by atoms with Crippen molar-refractivity contribution in [3.63, 3.8) is 0 Å². The lowest BCUT2D eigenvalue weighted by molar-refractivity contribution is -0.119. The molecule has 1 aromatic heterocycles. The topological polar surface area (TPSA) is 88.4 Å². The first kappa shape index (κ1) is 20.0. The van der Waals surface area contributed by atoms with Crippen LogP contribution in [0.2, 0.25) is 0 Å². The monoisotopic (exact) mass is 436 g/mol. The predicted octanol–water partition coefficient (Wildman–Crippen LogP) is 4.72. The van der Waals surface area contributed by atoms with Crippen LogP contribution in [0.3, 0.4) is 0 Å². The van der Waals surface area contributed by atoms with E-state index >= 15 is 0 Å². The van der Waals surface area contributed by atoms with Crippen LogP contribution in [0, 0.1) is 11.3 Å². The quantitative estimate of drug-likeness (QED) is 0.444. The molecule has 1 amide bonds. The van der Waals surface area contributed by atoms with Crippen molar-refractivity contribution in [3.05, 3.63) is 65.0 Å². The molecule has 0 fully saturated rings. The highest BCUT2D eigenvalue weighted by Crippen LogP contribution is 2.42. The number of hydrogen-bond acceptors (Lipinski definition) is 7. The van der Waals surface area contributed by atoms with E-state index in [-0.39, 0.29) is 5.75 Å². The summed E-state index contributed by atoms with van der Waals surface area (Å²) in [5.74, 6) is 0.0780. The van der Waals surface area contributed by atoms with Crippen LogP contribution in [0.5, 0.6) is 5.75 Å². The molecule has 4 rings (SSSR count). The number of hydrogen-bond donors (Lipinski definition) is 1. The van der Waals surface area contributed by atoms with Gasteiger partial charge in [0.05, 0.1) is 17.5 Å². The molecular weight excluding hydrogens is 420 g/mol. The lowest BCUT2D eigenvalue weighted by Gasteiger charge is -2.16. The third-order valence-corrected chi connectivity index (χ3v) is 6.44. The maximum atomic E-state index is 12.5. The van der Waals surface area contributed by atoms with E-state index in [1.165, 1.54) is 23.1 Å². The van der Waals surface area contributed by atoms with Gasteiger partial charge in [0.1, 0.15) is 17.2 Å². The van der Waals surface area contributed by atoms with Crippen molar-refractivity contribution in [1.29, 1.82) is 5.26 Å². The van der Waals surface area contributed by atoms with E-state index in [0.717, 1.165) is 26.6 Å². The highest BCUT2D eigenvalue weighted by molar-refractivity contribution is 7.99. The molecule has 3 aromatic rings. The number of nitrogens with one attached hydrogen (secondary N) is 1. The smallest absolute Gasteiger partial charge is 0.348 e. The Morgan fingerprint density at radius 1 is 1.20 bits per heavy atom. The Balaban J connectivity index is 1.39. The van der Waals surface area contributed by atoms with Crippen LogP contribution < -0.4 is 10.1 Å². The van der Waals surface area contributed by atoms with Crippen LogP contribution in [0.1, 0.15) is 15.2 Å². The Hall–Kier alpha value is -3.28. The lowest BCUT2D eigenvalue weighted by Crippen LogP contribution is -2.21. The number of thiophene rings is 1. The van der Waals surface area contributed by atoms with Crippen molar-refractivity contribution in [1.82, 2.24) is 0 Å². The predicted molar refractivity (Wildman–Crippen MR) is 116 cm³/mol. The van der Waals surface area contributed by atoms with Gasteiger partial charge in [-0.3, -0.25) is 4.79 Å². The molecule has 0 spiro atoms. The van der Waals surface area contributed by atoms with E-state index in [9.17, 15) is 9.59 Å². The second-order valence-corrected chi connectivity index (χ2v) is 8.39. The normalized spacial score (nSPS) is 11.4. The van der Waals surface area contributed by atoms with Crippen LogP contribution in [-0.4, -0.2) is 24.2 Å². The summed E-state index contributed by atoms with van der Waals surface area (Å²) in [4.78, 5) is 26.9. The standard InChI is InChI=1S/C22H16N2O4S2/c23-9-10-29-18-8-4-2-6-16(18)24-20(25)13-28-22(26)19-11-14-12-27-17-7-3-1-5-15(17)21(14)30-19/h1-8,11H,10,12-13H2,(H,24,25). The van der Waals surface area contributed by atoms with Gasteiger partial charge in [-0.15, -0.1) is 23.1 Å². The van der Waals surface area contributed by atoms with Gasteiger partial charge in [-0.05, 0) is 30.3 Å². The molecule has 0 unspecified atom stereocenters. The minimum atomic E-state index is -0.547. The summed E-state index contributed by atoms with van der Waals surface area (Å²) in [5, 5.41) is 11.5. The number of thioether (sulfide) groups is 1. The largest absolute Gasteiger partial charge is 0.488 e. The van der Waals surface area contributed by atoms with Gasteiger partial charge in [-0.25, -0.2) is 4.79 Å². The summed E-state index contributed by atoms with van der Waals surface area (Å²) in [6.45, 7) is -0.000497. The number of esters is 1. The zero-order valence-corrected chi connectivity index (χ0v) is 17.3. The Morgan fingerprint density at radius 3 is 2.87 bits per heavy atom. The van der Waals surface area contributed by atoms with Crippen molar-refractivity contribution in [2.45, 2.75) is 11.5 Å². The van der Waals surface area contributed by atoms with E-state index in [1.807, 2.05) is 36.4 Å². The molecule has 0 aliphatic carbocycles. The first-order valence-electron chi connectivity index (χ1n) is 9.06. The van der Waals surface area contributed by atoms with E-state index in [2.05, 4.69) is 11.4 Å². The molecule has 150 valence electrons. The number of ether oxygens (including phenoxy) is 2. The number of rotatable bonds is 6. The van der Waals surface area contributed by atoms with Crippen LogP contribution >= 0.6 is 23.1 Å². The maximum Gasteiger partial charge on any atom is 0.348 e. The summed E-state index contributed by atoms with van der Waals surface area (Å²) >= 11 is 2.66. The summed E-state index contributed by atoms with van der Waals surface area (Å²) in [6, 6.07) is 18.7. The fourth-order valence-electron chi connectivity index (χ4n) is 2.99. The van der Waals surface area contributed by atoms with Crippen LogP contribution in [0.15, 0.2) is 59.5 Å². The Morgan fingerprint density at radius 2 is 2.00 bits per heavy atom. The molecule has 30 heavy (non-hydrogen) atoms. The zero-order chi connectivity index (χ0) is 20.9. The lowest BCUT2D eigenvalue weighted by atomic mass is 10.1. The Kier molecular flexibility index (Phi) is 6.02. The molecule has 1 aliphatic heterocycles. The average molecular weight is 437 g/mol. The highest BCUT2D eigenvalue weighted by Gasteiger charge is 2.23. The van der Waals surface area contributed by atoms with Gasteiger partial charge in [0.15, 0.2) is 6.61 Å². The van der Waals surface area contributed by atoms with Crippen molar-refractivity contribution >= 4 is 40.7 Å². The minimum absolute atomic E-state index is 0.276. The van der Waals surface area contributed by atoms with E-state index in [4.69, 9.17) is 14.7 Å². The van der Waals surface area contributed by atoms with Crippen LogP contribution in [-0.2, 0) is 16.1 Å². The molecule has 1 N–H and O–H groups in total. The third kappa shape index (κ3) is 4.32. The molecule has 8 heteroatoms. The van der Waals surface area contributed by atoms with Gasteiger partial charge < -0.3 is 14.8 Å². The first-order chi connectivity index (χ1) is 14.7. The number of carbonyl (C=O) groups is 2. The zero-order valence-electron chi connectivity index (χ0n) is 15.7. The fourth-order valence-corrected chi connectivity index (χ4v) is 4.75. The second-order valence-electron chi connectivity index (χ2n) is 6.32. The first-order valence-corrected chi connectivity index (χ1v) is 10.9. The van der Waals surface area contributed by atoms with Gasteiger partial charge in [0.2, 0.25) is 0 Å². The van der Waals surface area contributed by atoms with Gasteiger partial charge >= 0.3 is 5.97 Å². The molecule has 2 heterocycles. The molecule has 2 aromatic carbocycles. The van der Waals surface area contributed by atoms with Gasteiger partial charge in [0.25, 0.3) is 5.91 Å². The van der Waals surface area contributed by atoms with Gasteiger partial charge in [0, 0.05) is 20.9 Å².